The topological polar surface area (TPSA) is 47.6 Å². The third-order valence-corrected chi connectivity index (χ3v) is 2.71. The van der Waals surface area contributed by atoms with Crippen LogP contribution in [0, 0.1) is 0 Å². The van der Waals surface area contributed by atoms with Crippen molar-refractivity contribution in [1.29, 1.82) is 0 Å². The molecule has 0 spiro atoms. The second-order valence-electron chi connectivity index (χ2n) is 4.48. The Balaban J connectivity index is 2.28. The first-order valence-corrected chi connectivity index (χ1v) is 7.04. The molecular formula is C15H21F2NO3. The number of nitrogens with one attached hydrogen (secondary N) is 1. The zero-order valence-corrected chi connectivity index (χ0v) is 12.1. The van der Waals surface area contributed by atoms with Gasteiger partial charge in [0.2, 0.25) is 0 Å². The lowest BCUT2D eigenvalue weighted by Crippen LogP contribution is -2.25. The summed E-state index contributed by atoms with van der Waals surface area (Å²) >= 11 is 0. The molecule has 0 aliphatic heterocycles. The third-order valence-electron chi connectivity index (χ3n) is 2.71. The Hall–Kier alpha value is -1.69. The first kappa shape index (κ1) is 17.4. The van der Waals surface area contributed by atoms with Crippen molar-refractivity contribution in [3.63, 3.8) is 0 Å². The zero-order valence-electron chi connectivity index (χ0n) is 12.1. The number of amides is 1. The molecule has 0 fully saturated rings. The van der Waals surface area contributed by atoms with E-state index in [4.69, 9.17) is 4.74 Å². The number of rotatable bonds is 10. The summed E-state index contributed by atoms with van der Waals surface area (Å²) in [6.07, 6.45) is 2.83. The summed E-state index contributed by atoms with van der Waals surface area (Å²) in [4.78, 5) is 11.8. The van der Waals surface area contributed by atoms with Crippen molar-refractivity contribution >= 4 is 5.91 Å². The van der Waals surface area contributed by atoms with Crippen LogP contribution in [0.3, 0.4) is 0 Å². The van der Waals surface area contributed by atoms with Gasteiger partial charge in [0, 0.05) is 25.3 Å². The molecule has 6 heteroatoms. The average Bonchev–Trinajstić information content (AvgIpc) is 2.45. The highest BCUT2D eigenvalue weighted by Gasteiger charge is 2.08. The number of benzene rings is 1. The van der Waals surface area contributed by atoms with E-state index in [2.05, 4.69) is 17.0 Å². The molecule has 21 heavy (non-hydrogen) atoms. The van der Waals surface area contributed by atoms with Crippen LogP contribution >= 0.6 is 0 Å². The molecule has 0 saturated carbocycles. The Morgan fingerprint density at radius 2 is 2.05 bits per heavy atom. The summed E-state index contributed by atoms with van der Waals surface area (Å²) in [6.45, 7) is 0.996. The second-order valence-corrected chi connectivity index (χ2v) is 4.48. The predicted octanol–water partition coefficient (Wildman–Crippen LogP) is 3.22. The van der Waals surface area contributed by atoms with E-state index in [1.54, 1.807) is 6.07 Å². The van der Waals surface area contributed by atoms with Gasteiger partial charge in [-0.3, -0.25) is 4.79 Å². The Bertz CT molecular complexity index is 427. The van der Waals surface area contributed by atoms with Crippen LogP contribution in [0.25, 0.3) is 0 Å². The normalized spacial score (nSPS) is 10.7. The maximum atomic E-state index is 12.1. The number of alkyl halides is 2. The Labute approximate surface area is 123 Å². The molecule has 0 atom stereocenters. The minimum absolute atomic E-state index is 0.0273. The van der Waals surface area contributed by atoms with Crippen molar-refractivity contribution in [1.82, 2.24) is 5.32 Å². The number of hydrogen-bond donors (Lipinski definition) is 1. The Kier molecular flexibility index (Phi) is 8.35. The van der Waals surface area contributed by atoms with Crippen molar-refractivity contribution in [3.8, 4) is 5.75 Å². The van der Waals surface area contributed by atoms with Crippen molar-refractivity contribution in [2.24, 2.45) is 0 Å². The van der Waals surface area contributed by atoms with E-state index in [0.717, 1.165) is 19.4 Å². The van der Waals surface area contributed by atoms with Gasteiger partial charge in [0.05, 0.1) is 0 Å². The third kappa shape index (κ3) is 7.60. The Morgan fingerprint density at radius 1 is 1.29 bits per heavy atom. The number of unbranched alkanes of at least 4 members (excludes halogenated alkanes) is 1. The van der Waals surface area contributed by atoms with E-state index in [-0.39, 0.29) is 11.7 Å². The molecule has 0 saturated heterocycles. The summed E-state index contributed by atoms with van der Waals surface area (Å²) in [5.41, 5.74) is 0.292. The molecule has 1 aromatic rings. The van der Waals surface area contributed by atoms with Crippen LogP contribution in [0.1, 0.15) is 36.5 Å². The number of ether oxygens (including phenoxy) is 2. The molecule has 1 N–H and O–H groups in total. The van der Waals surface area contributed by atoms with Gasteiger partial charge in [0.25, 0.3) is 5.91 Å². The van der Waals surface area contributed by atoms with Crippen LogP contribution in [0.5, 0.6) is 5.75 Å². The monoisotopic (exact) mass is 301 g/mol. The van der Waals surface area contributed by atoms with E-state index in [0.29, 0.717) is 25.1 Å². The van der Waals surface area contributed by atoms with Gasteiger partial charge in [-0.2, -0.15) is 8.78 Å². The molecule has 118 valence electrons. The molecule has 0 heterocycles. The quantitative estimate of drug-likeness (QED) is 0.675. The van der Waals surface area contributed by atoms with Crippen molar-refractivity contribution < 1.29 is 23.0 Å². The lowest BCUT2D eigenvalue weighted by atomic mass is 10.2. The highest BCUT2D eigenvalue weighted by molar-refractivity contribution is 5.94. The van der Waals surface area contributed by atoms with Gasteiger partial charge in [-0.15, -0.1) is 0 Å². The lowest BCUT2D eigenvalue weighted by molar-refractivity contribution is -0.0498. The van der Waals surface area contributed by atoms with Crippen LogP contribution in [-0.2, 0) is 4.74 Å². The van der Waals surface area contributed by atoms with Gasteiger partial charge in [0.1, 0.15) is 5.75 Å². The Morgan fingerprint density at radius 3 is 2.76 bits per heavy atom. The maximum Gasteiger partial charge on any atom is 0.387 e. The summed E-state index contributed by atoms with van der Waals surface area (Å²) in [5.74, 6) is -0.344. The smallest absolute Gasteiger partial charge is 0.387 e. The van der Waals surface area contributed by atoms with Gasteiger partial charge in [-0.05, 0) is 31.0 Å². The fraction of sp³-hybridized carbons (Fsp3) is 0.533. The molecule has 1 rings (SSSR count). The summed E-state index contributed by atoms with van der Waals surface area (Å²) in [5, 5.41) is 2.71. The van der Waals surface area contributed by atoms with Gasteiger partial charge in [-0.25, -0.2) is 0 Å². The standard InChI is InChI=1S/C15H21F2NO3/c1-2-3-9-20-10-5-8-18-14(19)12-6-4-7-13(11-12)21-15(16)17/h4,6-7,11,15H,2-3,5,8-10H2,1H3,(H,18,19). The van der Waals surface area contributed by atoms with Gasteiger partial charge >= 0.3 is 6.61 Å². The molecule has 0 aromatic heterocycles. The number of halogens is 2. The van der Waals surface area contributed by atoms with Crippen molar-refractivity contribution in [3.05, 3.63) is 29.8 Å². The zero-order chi connectivity index (χ0) is 15.5. The minimum atomic E-state index is -2.90. The number of carbonyl (C=O) groups excluding carboxylic acids is 1. The molecule has 1 aromatic carbocycles. The van der Waals surface area contributed by atoms with Crippen LogP contribution < -0.4 is 10.1 Å². The minimum Gasteiger partial charge on any atom is -0.435 e. The van der Waals surface area contributed by atoms with E-state index in [1.165, 1.54) is 18.2 Å². The molecule has 0 unspecified atom stereocenters. The molecule has 4 nitrogen and oxygen atoms in total. The fourth-order valence-corrected chi connectivity index (χ4v) is 1.64. The van der Waals surface area contributed by atoms with Gasteiger partial charge in [-0.1, -0.05) is 19.4 Å². The highest BCUT2D eigenvalue weighted by atomic mass is 19.3. The number of hydrogen-bond acceptors (Lipinski definition) is 3. The van der Waals surface area contributed by atoms with E-state index < -0.39 is 6.61 Å². The highest BCUT2D eigenvalue weighted by Crippen LogP contribution is 2.15. The molecule has 0 bridgehead atoms. The largest absolute Gasteiger partial charge is 0.435 e. The summed E-state index contributed by atoms with van der Waals surface area (Å²) < 4.78 is 33.8. The molecule has 0 radical (unpaired) electrons. The van der Waals surface area contributed by atoms with E-state index in [9.17, 15) is 13.6 Å². The van der Waals surface area contributed by atoms with Gasteiger partial charge in [0.15, 0.2) is 0 Å². The van der Waals surface area contributed by atoms with Crippen LogP contribution in [0.15, 0.2) is 24.3 Å². The van der Waals surface area contributed by atoms with E-state index in [1.807, 2.05) is 0 Å². The van der Waals surface area contributed by atoms with E-state index >= 15 is 0 Å². The number of carbonyl (C=O) groups is 1. The van der Waals surface area contributed by atoms with Gasteiger partial charge < -0.3 is 14.8 Å². The molecule has 1 amide bonds. The van der Waals surface area contributed by atoms with Crippen LogP contribution in [0.2, 0.25) is 0 Å². The first-order chi connectivity index (χ1) is 10.1. The molecule has 0 aliphatic rings. The fourth-order valence-electron chi connectivity index (χ4n) is 1.64. The predicted molar refractivity (Wildman–Crippen MR) is 75.8 cm³/mol. The lowest BCUT2D eigenvalue weighted by Gasteiger charge is -2.08. The molecular weight excluding hydrogens is 280 g/mol. The van der Waals surface area contributed by atoms with Crippen molar-refractivity contribution in [2.75, 3.05) is 19.8 Å². The second kappa shape index (κ2) is 10.1. The maximum absolute atomic E-state index is 12.1. The first-order valence-electron chi connectivity index (χ1n) is 7.04. The molecule has 0 aliphatic carbocycles. The van der Waals surface area contributed by atoms with Crippen molar-refractivity contribution in [2.45, 2.75) is 32.8 Å². The SMILES string of the molecule is CCCCOCCCNC(=O)c1cccc(OC(F)F)c1. The van der Waals surface area contributed by atoms with Crippen LogP contribution in [0.4, 0.5) is 8.78 Å². The average molecular weight is 301 g/mol. The summed E-state index contributed by atoms with van der Waals surface area (Å²) in [6, 6.07) is 5.72. The van der Waals surface area contributed by atoms with Crippen LogP contribution in [-0.4, -0.2) is 32.3 Å². The summed E-state index contributed by atoms with van der Waals surface area (Å²) in [7, 11) is 0.